The Labute approximate surface area is 117 Å². The van der Waals surface area contributed by atoms with E-state index in [1.54, 1.807) is 0 Å². The van der Waals surface area contributed by atoms with Crippen molar-refractivity contribution >= 4 is 17.6 Å². The minimum Gasteiger partial charge on any atom is -0.459 e. The van der Waals surface area contributed by atoms with Gasteiger partial charge in [0.25, 0.3) is 0 Å². The maximum Gasteiger partial charge on any atom is 0.341 e. The van der Waals surface area contributed by atoms with Crippen molar-refractivity contribution in [2.24, 2.45) is 11.8 Å². The molecule has 2 rings (SSSR count). The highest BCUT2D eigenvalue weighted by molar-refractivity contribution is 6.30. The van der Waals surface area contributed by atoms with E-state index in [1.807, 2.05) is 0 Å². The van der Waals surface area contributed by atoms with Crippen molar-refractivity contribution in [1.82, 2.24) is 0 Å². The van der Waals surface area contributed by atoms with E-state index in [2.05, 4.69) is 13.8 Å². The molecule has 0 saturated heterocycles. The van der Waals surface area contributed by atoms with Crippen molar-refractivity contribution in [3.05, 3.63) is 34.6 Å². The number of esters is 1. The average Bonchev–Trinajstić information content (AvgIpc) is 2.36. The highest BCUT2D eigenvalue weighted by Crippen LogP contribution is 2.31. The van der Waals surface area contributed by atoms with Gasteiger partial charge >= 0.3 is 5.97 Å². The fraction of sp³-hybridized carbons (Fsp3) is 0.533. The van der Waals surface area contributed by atoms with Gasteiger partial charge in [-0.05, 0) is 49.3 Å². The molecule has 0 aromatic heterocycles. The Kier molecular flexibility index (Phi) is 4.46. The molecule has 0 amide bonds. The summed E-state index contributed by atoms with van der Waals surface area (Å²) >= 11 is 5.77. The molecule has 104 valence electrons. The molecule has 2 nitrogen and oxygen atoms in total. The number of benzene rings is 1. The number of rotatable bonds is 2. The van der Waals surface area contributed by atoms with Gasteiger partial charge in [0.15, 0.2) is 0 Å². The molecule has 19 heavy (non-hydrogen) atoms. The van der Waals surface area contributed by atoms with E-state index >= 15 is 0 Å². The standard InChI is InChI=1S/C15H18ClFO2/c1-9-3-5-12(7-10(9)2)19-15(18)13-8-11(16)4-6-14(13)17/h4,6,8-10,12H,3,5,7H2,1-2H3. The molecular formula is C15H18ClFO2. The van der Waals surface area contributed by atoms with Crippen LogP contribution in [0.25, 0.3) is 0 Å². The third kappa shape index (κ3) is 3.47. The maximum atomic E-state index is 13.6. The predicted molar refractivity (Wildman–Crippen MR) is 72.8 cm³/mol. The van der Waals surface area contributed by atoms with E-state index in [0.29, 0.717) is 16.9 Å². The van der Waals surface area contributed by atoms with Gasteiger partial charge in [0.1, 0.15) is 11.9 Å². The number of halogens is 2. The summed E-state index contributed by atoms with van der Waals surface area (Å²) in [7, 11) is 0. The summed E-state index contributed by atoms with van der Waals surface area (Å²) in [6.45, 7) is 4.37. The Morgan fingerprint density at radius 1 is 1.32 bits per heavy atom. The largest absolute Gasteiger partial charge is 0.459 e. The molecule has 1 aromatic carbocycles. The Hall–Kier alpha value is -1.09. The van der Waals surface area contributed by atoms with Gasteiger partial charge in [0, 0.05) is 5.02 Å². The molecule has 4 heteroatoms. The second-order valence-corrected chi connectivity index (χ2v) is 5.86. The molecule has 3 atom stereocenters. The first-order chi connectivity index (χ1) is 8.97. The third-order valence-electron chi connectivity index (χ3n) is 3.97. The van der Waals surface area contributed by atoms with Crippen LogP contribution in [-0.4, -0.2) is 12.1 Å². The number of ether oxygens (including phenoxy) is 1. The van der Waals surface area contributed by atoms with E-state index < -0.39 is 11.8 Å². The maximum absolute atomic E-state index is 13.6. The molecule has 0 heterocycles. The molecule has 0 N–H and O–H groups in total. The second-order valence-electron chi connectivity index (χ2n) is 5.42. The van der Waals surface area contributed by atoms with Crippen LogP contribution in [0.1, 0.15) is 43.5 Å². The smallest absolute Gasteiger partial charge is 0.341 e. The number of carbonyl (C=O) groups is 1. The lowest BCUT2D eigenvalue weighted by Gasteiger charge is -2.31. The molecule has 0 spiro atoms. The van der Waals surface area contributed by atoms with E-state index in [9.17, 15) is 9.18 Å². The van der Waals surface area contributed by atoms with Crippen molar-refractivity contribution in [3.63, 3.8) is 0 Å². The minimum absolute atomic E-state index is 0.0845. The van der Waals surface area contributed by atoms with Crippen LogP contribution < -0.4 is 0 Å². The first kappa shape index (κ1) is 14.3. The van der Waals surface area contributed by atoms with Crippen molar-refractivity contribution in [1.29, 1.82) is 0 Å². The van der Waals surface area contributed by atoms with Crippen LogP contribution in [0.3, 0.4) is 0 Å². The zero-order valence-corrected chi connectivity index (χ0v) is 11.9. The SMILES string of the molecule is CC1CCC(OC(=O)c2cc(Cl)ccc2F)CC1C. The zero-order valence-electron chi connectivity index (χ0n) is 11.2. The van der Waals surface area contributed by atoms with Gasteiger partial charge in [-0.25, -0.2) is 9.18 Å². The van der Waals surface area contributed by atoms with E-state index in [4.69, 9.17) is 16.3 Å². The normalized spacial score (nSPS) is 27.1. The molecule has 1 saturated carbocycles. The van der Waals surface area contributed by atoms with Crippen LogP contribution in [0.5, 0.6) is 0 Å². The number of hydrogen-bond acceptors (Lipinski definition) is 2. The first-order valence-corrected chi connectivity index (χ1v) is 7.01. The van der Waals surface area contributed by atoms with Gasteiger partial charge in [-0.1, -0.05) is 25.4 Å². The number of carbonyl (C=O) groups excluding carboxylic acids is 1. The van der Waals surface area contributed by atoms with Crippen LogP contribution in [0.15, 0.2) is 18.2 Å². The molecule has 0 bridgehead atoms. The molecule has 0 aliphatic heterocycles. The summed E-state index contributed by atoms with van der Waals surface area (Å²) < 4.78 is 18.9. The summed E-state index contributed by atoms with van der Waals surface area (Å²) in [5, 5.41) is 0.332. The van der Waals surface area contributed by atoms with E-state index in [-0.39, 0.29) is 11.7 Å². The van der Waals surface area contributed by atoms with E-state index in [0.717, 1.165) is 19.3 Å². The lowest BCUT2D eigenvalue weighted by molar-refractivity contribution is 0.00834. The second kappa shape index (κ2) is 5.91. The summed E-state index contributed by atoms with van der Waals surface area (Å²) in [6, 6.07) is 3.91. The van der Waals surface area contributed by atoms with Gasteiger partial charge in [-0.15, -0.1) is 0 Å². The fourth-order valence-electron chi connectivity index (χ4n) is 2.47. The van der Waals surface area contributed by atoms with Crippen molar-refractivity contribution in [2.45, 2.75) is 39.2 Å². The highest BCUT2D eigenvalue weighted by atomic mass is 35.5. The summed E-state index contributed by atoms with van der Waals surface area (Å²) in [5.41, 5.74) is -0.0845. The quantitative estimate of drug-likeness (QED) is 0.750. The van der Waals surface area contributed by atoms with E-state index in [1.165, 1.54) is 18.2 Å². The third-order valence-corrected chi connectivity index (χ3v) is 4.21. The van der Waals surface area contributed by atoms with Crippen molar-refractivity contribution in [3.8, 4) is 0 Å². The monoisotopic (exact) mass is 284 g/mol. The highest BCUT2D eigenvalue weighted by Gasteiger charge is 2.28. The Morgan fingerprint density at radius 2 is 2.05 bits per heavy atom. The minimum atomic E-state index is -0.619. The summed E-state index contributed by atoms with van der Waals surface area (Å²) in [4.78, 5) is 12.0. The molecular weight excluding hydrogens is 267 g/mol. The van der Waals surface area contributed by atoms with Gasteiger partial charge in [-0.3, -0.25) is 0 Å². The zero-order chi connectivity index (χ0) is 14.0. The molecule has 1 aliphatic carbocycles. The van der Waals surface area contributed by atoms with Crippen LogP contribution in [0, 0.1) is 17.7 Å². The predicted octanol–water partition coefficient (Wildman–Crippen LogP) is 4.46. The molecule has 1 aromatic rings. The van der Waals surface area contributed by atoms with Gasteiger partial charge in [0.2, 0.25) is 0 Å². The van der Waals surface area contributed by atoms with Gasteiger partial charge in [-0.2, -0.15) is 0 Å². The molecule has 0 radical (unpaired) electrons. The summed E-state index contributed by atoms with van der Waals surface area (Å²) in [5.74, 6) is -0.0352. The average molecular weight is 285 g/mol. The summed E-state index contributed by atoms with van der Waals surface area (Å²) in [6.07, 6.45) is 2.61. The van der Waals surface area contributed by atoms with Crippen molar-refractivity contribution < 1.29 is 13.9 Å². The first-order valence-electron chi connectivity index (χ1n) is 6.63. The van der Waals surface area contributed by atoms with Crippen LogP contribution in [0.2, 0.25) is 5.02 Å². The Morgan fingerprint density at radius 3 is 2.74 bits per heavy atom. The van der Waals surface area contributed by atoms with Crippen LogP contribution in [0.4, 0.5) is 4.39 Å². The van der Waals surface area contributed by atoms with Crippen LogP contribution >= 0.6 is 11.6 Å². The lowest BCUT2D eigenvalue weighted by atomic mass is 9.80. The fourth-order valence-corrected chi connectivity index (χ4v) is 2.65. The Balaban J connectivity index is 2.03. The number of hydrogen-bond donors (Lipinski definition) is 0. The topological polar surface area (TPSA) is 26.3 Å². The van der Waals surface area contributed by atoms with Gasteiger partial charge in [0.05, 0.1) is 5.56 Å². The molecule has 1 aliphatic rings. The van der Waals surface area contributed by atoms with Gasteiger partial charge < -0.3 is 4.74 Å². The Bertz CT molecular complexity index is 475. The van der Waals surface area contributed by atoms with Crippen LogP contribution in [-0.2, 0) is 4.74 Å². The molecule has 3 unspecified atom stereocenters. The molecule has 1 fully saturated rings. The lowest BCUT2D eigenvalue weighted by Crippen LogP contribution is -2.29. The van der Waals surface area contributed by atoms with Crippen molar-refractivity contribution in [2.75, 3.05) is 0 Å².